The van der Waals surface area contributed by atoms with E-state index in [1.807, 2.05) is 0 Å². The molecule has 72 valence electrons. The smallest absolute Gasteiger partial charge is 0.136 e. The largest absolute Gasteiger partial charge is 0.299 e. The number of carbonyl (C=O) groups excluding carboxylic acids is 1. The number of ketones is 1. The molecule has 0 radical (unpaired) electrons. The number of allylic oxidation sites excluding steroid dienone is 2. The highest BCUT2D eigenvalue weighted by Crippen LogP contribution is 2.64. The van der Waals surface area contributed by atoms with Crippen molar-refractivity contribution < 1.29 is 4.79 Å². The molecular formula is C12H18O. The van der Waals surface area contributed by atoms with Gasteiger partial charge in [0.05, 0.1) is 0 Å². The van der Waals surface area contributed by atoms with Gasteiger partial charge in [-0.3, -0.25) is 4.79 Å². The van der Waals surface area contributed by atoms with Crippen LogP contribution in [0.25, 0.3) is 0 Å². The van der Waals surface area contributed by atoms with E-state index in [0.29, 0.717) is 11.2 Å². The van der Waals surface area contributed by atoms with Gasteiger partial charge in [0.2, 0.25) is 0 Å². The number of hydrogen-bond donors (Lipinski definition) is 0. The van der Waals surface area contributed by atoms with Gasteiger partial charge < -0.3 is 0 Å². The minimum atomic E-state index is 0.225. The predicted octanol–water partition coefficient (Wildman–Crippen LogP) is 2.81. The summed E-state index contributed by atoms with van der Waals surface area (Å²) in [5, 5.41) is 0. The molecule has 0 bridgehead atoms. The number of Topliss-reactive ketones (excluding diaryl/α,β-unsaturated/α-hetero) is 1. The van der Waals surface area contributed by atoms with Gasteiger partial charge in [0.15, 0.2) is 0 Å². The number of fused-ring (bicyclic) bond motifs is 1. The minimum absolute atomic E-state index is 0.225. The van der Waals surface area contributed by atoms with Crippen molar-refractivity contribution in [1.82, 2.24) is 0 Å². The maximum atomic E-state index is 11.3. The van der Waals surface area contributed by atoms with E-state index in [9.17, 15) is 4.79 Å². The van der Waals surface area contributed by atoms with Crippen molar-refractivity contribution in [3.63, 3.8) is 0 Å². The molecule has 0 aliphatic heterocycles. The first kappa shape index (κ1) is 8.98. The molecule has 0 saturated heterocycles. The molecule has 3 atom stereocenters. The quantitative estimate of drug-likeness (QED) is 0.564. The van der Waals surface area contributed by atoms with Crippen molar-refractivity contribution in [2.45, 2.75) is 34.1 Å². The van der Waals surface area contributed by atoms with Crippen LogP contribution >= 0.6 is 0 Å². The second-order valence-corrected chi connectivity index (χ2v) is 5.26. The third-order valence-electron chi connectivity index (χ3n) is 4.11. The van der Waals surface area contributed by atoms with Crippen LogP contribution in [0.5, 0.6) is 0 Å². The summed E-state index contributed by atoms with van der Waals surface area (Å²) in [5.41, 5.74) is 1.77. The molecule has 2 rings (SSSR count). The zero-order valence-corrected chi connectivity index (χ0v) is 8.92. The van der Waals surface area contributed by atoms with Crippen molar-refractivity contribution in [3.05, 3.63) is 11.6 Å². The highest BCUT2D eigenvalue weighted by molar-refractivity contribution is 5.81. The van der Waals surface area contributed by atoms with E-state index in [1.54, 1.807) is 6.92 Å². The lowest BCUT2D eigenvalue weighted by molar-refractivity contribution is -0.120. The second-order valence-electron chi connectivity index (χ2n) is 5.26. The Morgan fingerprint density at radius 2 is 2.15 bits per heavy atom. The Kier molecular flexibility index (Phi) is 1.70. The SMILES string of the molecule is CC(=O)[C@H]1C[C@@H]2[C@@H](C=C1C)C2(C)C. The molecule has 0 N–H and O–H groups in total. The van der Waals surface area contributed by atoms with E-state index in [4.69, 9.17) is 0 Å². The lowest BCUT2D eigenvalue weighted by Crippen LogP contribution is -2.16. The van der Waals surface area contributed by atoms with E-state index >= 15 is 0 Å². The fourth-order valence-corrected chi connectivity index (χ4v) is 2.89. The summed E-state index contributed by atoms with van der Waals surface area (Å²) in [6.45, 7) is 8.46. The highest BCUT2D eigenvalue weighted by Gasteiger charge is 2.58. The van der Waals surface area contributed by atoms with Gasteiger partial charge in [-0.05, 0) is 37.5 Å². The normalized spacial score (nSPS) is 40.6. The molecule has 0 aromatic heterocycles. The fraction of sp³-hybridized carbons (Fsp3) is 0.750. The lowest BCUT2D eigenvalue weighted by atomic mass is 9.86. The number of carbonyl (C=O) groups is 1. The summed E-state index contributed by atoms with van der Waals surface area (Å²) in [7, 11) is 0. The number of rotatable bonds is 1. The Bertz CT molecular complexity index is 285. The molecule has 0 aromatic carbocycles. The van der Waals surface area contributed by atoms with Gasteiger partial charge in [0.1, 0.15) is 5.78 Å². The fourth-order valence-electron chi connectivity index (χ4n) is 2.89. The summed E-state index contributed by atoms with van der Waals surface area (Å²) < 4.78 is 0. The lowest BCUT2D eigenvalue weighted by Gasteiger charge is -2.18. The van der Waals surface area contributed by atoms with Crippen LogP contribution in [0, 0.1) is 23.2 Å². The molecule has 0 spiro atoms. The van der Waals surface area contributed by atoms with Gasteiger partial charge in [0, 0.05) is 5.92 Å². The van der Waals surface area contributed by atoms with Gasteiger partial charge in [-0.2, -0.15) is 0 Å². The van der Waals surface area contributed by atoms with Gasteiger partial charge >= 0.3 is 0 Å². The first-order valence-electron chi connectivity index (χ1n) is 5.13. The van der Waals surface area contributed by atoms with E-state index in [2.05, 4.69) is 26.8 Å². The van der Waals surface area contributed by atoms with Crippen molar-refractivity contribution in [2.75, 3.05) is 0 Å². The first-order chi connectivity index (χ1) is 5.94. The van der Waals surface area contributed by atoms with Crippen molar-refractivity contribution in [3.8, 4) is 0 Å². The van der Waals surface area contributed by atoms with Gasteiger partial charge in [-0.1, -0.05) is 25.5 Å². The zero-order valence-electron chi connectivity index (χ0n) is 8.92. The Morgan fingerprint density at radius 1 is 1.54 bits per heavy atom. The highest BCUT2D eigenvalue weighted by atomic mass is 16.1. The summed E-state index contributed by atoms with van der Waals surface area (Å²) in [4.78, 5) is 11.3. The molecule has 2 aliphatic rings. The molecular weight excluding hydrogens is 160 g/mol. The van der Waals surface area contributed by atoms with Gasteiger partial charge in [0.25, 0.3) is 0 Å². The van der Waals surface area contributed by atoms with Crippen molar-refractivity contribution >= 4 is 5.78 Å². The van der Waals surface area contributed by atoms with Gasteiger partial charge in [-0.15, -0.1) is 0 Å². The van der Waals surface area contributed by atoms with Crippen molar-refractivity contribution in [2.24, 2.45) is 23.2 Å². The Hall–Kier alpha value is -0.590. The topological polar surface area (TPSA) is 17.1 Å². The summed E-state index contributed by atoms with van der Waals surface area (Å²) in [5.74, 6) is 2.09. The van der Waals surface area contributed by atoms with Gasteiger partial charge in [-0.25, -0.2) is 0 Å². The summed E-state index contributed by atoms with van der Waals surface area (Å²) in [6.07, 6.45) is 3.43. The average Bonchev–Trinajstić information content (AvgIpc) is 2.52. The molecule has 1 heteroatoms. The molecule has 0 amide bonds. The molecule has 2 aliphatic carbocycles. The van der Waals surface area contributed by atoms with Crippen LogP contribution in [-0.4, -0.2) is 5.78 Å². The van der Waals surface area contributed by atoms with Crippen LogP contribution < -0.4 is 0 Å². The number of hydrogen-bond acceptors (Lipinski definition) is 1. The van der Waals surface area contributed by atoms with E-state index in [0.717, 1.165) is 18.3 Å². The summed E-state index contributed by atoms with van der Waals surface area (Å²) >= 11 is 0. The molecule has 13 heavy (non-hydrogen) atoms. The summed E-state index contributed by atoms with van der Waals surface area (Å²) in [6, 6.07) is 0. The molecule has 1 fully saturated rings. The molecule has 0 unspecified atom stereocenters. The van der Waals surface area contributed by atoms with Crippen LogP contribution in [0.4, 0.5) is 0 Å². The Balaban J connectivity index is 2.21. The molecule has 0 heterocycles. The van der Waals surface area contributed by atoms with Crippen LogP contribution in [0.2, 0.25) is 0 Å². The molecule has 1 nitrogen and oxygen atoms in total. The van der Waals surface area contributed by atoms with E-state index < -0.39 is 0 Å². The van der Waals surface area contributed by atoms with Crippen LogP contribution in [0.15, 0.2) is 11.6 Å². The van der Waals surface area contributed by atoms with Crippen LogP contribution in [-0.2, 0) is 4.79 Å². The minimum Gasteiger partial charge on any atom is -0.299 e. The zero-order chi connectivity index (χ0) is 9.80. The Labute approximate surface area is 80.2 Å². The predicted molar refractivity (Wildman–Crippen MR) is 53.3 cm³/mol. The first-order valence-corrected chi connectivity index (χ1v) is 5.13. The monoisotopic (exact) mass is 178 g/mol. The van der Waals surface area contributed by atoms with E-state index in [-0.39, 0.29) is 5.92 Å². The third kappa shape index (κ3) is 1.17. The molecule has 0 aromatic rings. The van der Waals surface area contributed by atoms with E-state index in [1.165, 1.54) is 5.57 Å². The maximum Gasteiger partial charge on any atom is 0.136 e. The standard InChI is InChI=1S/C12H18O/c1-7-5-10-11(12(10,3)4)6-9(7)8(2)13/h5,9-11H,6H2,1-4H3/t9-,10+,11+/m0/s1. The third-order valence-corrected chi connectivity index (χ3v) is 4.11. The molecule has 1 saturated carbocycles. The van der Waals surface area contributed by atoms with Crippen LogP contribution in [0.1, 0.15) is 34.1 Å². The maximum absolute atomic E-state index is 11.3. The Morgan fingerprint density at radius 3 is 2.69 bits per heavy atom. The van der Waals surface area contributed by atoms with Crippen LogP contribution in [0.3, 0.4) is 0 Å². The average molecular weight is 178 g/mol. The second kappa shape index (κ2) is 2.46. The van der Waals surface area contributed by atoms with Crippen molar-refractivity contribution in [1.29, 1.82) is 0 Å².